The highest BCUT2D eigenvalue weighted by atomic mass is 32.2. The van der Waals surface area contributed by atoms with E-state index in [9.17, 15) is 14.7 Å². The first-order chi connectivity index (χ1) is 6.55. The van der Waals surface area contributed by atoms with E-state index in [4.69, 9.17) is 0 Å². The third kappa shape index (κ3) is 1.93. The first-order valence-electron chi connectivity index (χ1n) is 4.59. The highest BCUT2D eigenvalue weighted by Crippen LogP contribution is 2.24. The van der Waals surface area contributed by atoms with Gasteiger partial charge in [-0.2, -0.15) is 0 Å². The standard InChI is InChI=1S/C9H15NO3S/c1-3-9(2,6-11)10-7(12)4-14-5-8(10)13/h11H,3-6H2,1-2H3. The molecule has 0 saturated carbocycles. The molecule has 0 radical (unpaired) electrons. The van der Waals surface area contributed by atoms with Crippen LogP contribution in [0.15, 0.2) is 0 Å². The van der Waals surface area contributed by atoms with Crippen LogP contribution in [-0.2, 0) is 9.59 Å². The number of amides is 2. The fourth-order valence-corrected chi connectivity index (χ4v) is 2.15. The number of carbonyl (C=O) groups is 2. The Morgan fingerprint density at radius 2 is 1.93 bits per heavy atom. The normalized spacial score (nSPS) is 22.4. The molecule has 1 aliphatic rings. The predicted molar refractivity (Wildman–Crippen MR) is 55.0 cm³/mol. The van der Waals surface area contributed by atoms with Crippen molar-refractivity contribution in [2.45, 2.75) is 25.8 Å². The lowest BCUT2D eigenvalue weighted by Crippen LogP contribution is -2.57. The van der Waals surface area contributed by atoms with Gasteiger partial charge < -0.3 is 5.11 Å². The Hall–Kier alpha value is -0.550. The third-order valence-electron chi connectivity index (χ3n) is 2.59. The summed E-state index contributed by atoms with van der Waals surface area (Å²) in [5, 5.41) is 9.22. The molecule has 14 heavy (non-hydrogen) atoms. The summed E-state index contributed by atoms with van der Waals surface area (Å²) in [7, 11) is 0. The fraction of sp³-hybridized carbons (Fsp3) is 0.778. The van der Waals surface area contributed by atoms with Crippen LogP contribution in [0, 0.1) is 0 Å². The smallest absolute Gasteiger partial charge is 0.239 e. The lowest BCUT2D eigenvalue weighted by molar-refractivity contribution is -0.151. The number of imide groups is 1. The first kappa shape index (κ1) is 11.5. The van der Waals surface area contributed by atoms with Crippen LogP contribution in [0.3, 0.4) is 0 Å². The number of nitrogens with zero attached hydrogens (tertiary/aromatic N) is 1. The van der Waals surface area contributed by atoms with Crippen molar-refractivity contribution in [2.24, 2.45) is 0 Å². The third-order valence-corrected chi connectivity index (χ3v) is 3.49. The van der Waals surface area contributed by atoms with Gasteiger partial charge in [0.25, 0.3) is 0 Å². The second-order valence-electron chi connectivity index (χ2n) is 3.62. The van der Waals surface area contributed by atoms with Gasteiger partial charge in [-0.3, -0.25) is 14.5 Å². The van der Waals surface area contributed by atoms with Crippen LogP contribution >= 0.6 is 11.8 Å². The molecule has 1 rings (SSSR count). The molecule has 1 saturated heterocycles. The first-order valence-corrected chi connectivity index (χ1v) is 5.75. The van der Waals surface area contributed by atoms with Crippen LogP contribution in [0.1, 0.15) is 20.3 Å². The fourth-order valence-electron chi connectivity index (χ4n) is 1.44. The Bertz CT molecular complexity index is 234. The highest BCUT2D eigenvalue weighted by Gasteiger charge is 2.39. The Kier molecular flexibility index (Phi) is 3.55. The van der Waals surface area contributed by atoms with Gasteiger partial charge in [-0.15, -0.1) is 11.8 Å². The monoisotopic (exact) mass is 217 g/mol. The summed E-state index contributed by atoms with van der Waals surface area (Å²) in [6.07, 6.45) is 0.575. The summed E-state index contributed by atoms with van der Waals surface area (Å²) < 4.78 is 0. The summed E-state index contributed by atoms with van der Waals surface area (Å²) in [6.45, 7) is 3.42. The number of rotatable bonds is 3. The lowest BCUT2D eigenvalue weighted by Gasteiger charge is -2.39. The molecule has 1 N–H and O–H groups in total. The van der Waals surface area contributed by atoms with Gasteiger partial charge >= 0.3 is 0 Å². The van der Waals surface area contributed by atoms with Crippen molar-refractivity contribution in [3.8, 4) is 0 Å². The molecule has 1 aliphatic heterocycles. The molecule has 0 bridgehead atoms. The zero-order valence-corrected chi connectivity index (χ0v) is 9.26. The molecular weight excluding hydrogens is 202 g/mol. The van der Waals surface area contributed by atoms with E-state index in [2.05, 4.69) is 0 Å². The number of thioether (sulfide) groups is 1. The molecule has 1 atom stereocenters. The quantitative estimate of drug-likeness (QED) is 0.688. The SMILES string of the molecule is CCC(C)(CO)N1C(=O)CSCC1=O. The minimum atomic E-state index is -0.727. The van der Waals surface area contributed by atoms with Crippen molar-refractivity contribution in [1.82, 2.24) is 4.90 Å². The molecule has 1 heterocycles. The van der Waals surface area contributed by atoms with Gasteiger partial charge in [0.15, 0.2) is 0 Å². The van der Waals surface area contributed by atoms with Gasteiger partial charge in [0.05, 0.1) is 23.7 Å². The Morgan fingerprint density at radius 1 is 1.43 bits per heavy atom. The Balaban J connectivity index is 2.91. The van der Waals surface area contributed by atoms with Crippen LogP contribution in [0.2, 0.25) is 0 Å². The second kappa shape index (κ2) is 4.31. The molecule has 5 heteroatoms. The molecule has 0 aromatic rings. The van der Waals surface area contributed by atoms with E-state index < -0.39 is 5.54 Å². The van der Waals surface area contributed by atoms with Crippen molar-refractivity contribution in [2.75, 3.05) is 18.1 Å². The van der Waals surface area contributed by atoms with Crippen LogP contribution < -0.4 is 0 Å². The maximum Gasteiger partial charge on any atom is 0.239 e. The van der Waals surface area contributed by atoms with Gasteiger partial charge in [-0.1, -0.05) is 6.92 Å². The number of aliphatic hydroxyl groups is 1. The maximum absolute atomic E-state index is 11.5. The summed E-state index contributed by atoms with van der Waals surface area (Å²) in [5.41, 5.74) is -0.727. The maximum atomic E-state index is 11.5. The minimum Gasteiger partial charge on any atom is -0.394 e. The topological polar surface area (TPSA) is 57.6 Å². The highest BCUT2D eigenvalue weighted by molar-refractivity contribution is 8.00. The summed E-state index contributed by atoms with van der Waals surface area (Å²) in [6, 6.07) is 0. The largest absolute Gasteiger partial charge is 0.394 e. The zero-order chi connectivity index (χ0) is 10.8. The van der Waals surface area contributed by atoms with Crippen LogP contribution in [0.5, 0.6) is 0 Å². The zero-order valence-electron chi connectivity index (χ0n) is 8.45. The van der Waals surface area contributed by atoms with Crippen molar-refractivity contribution in [3.63, 3.8) is 0 Å². The van der Waals surface area contributed by atoms with E-state index in [1.165, 1.54) is 16.7 Å². The van der Waals surface area contributed by atoms with E-state index in [1.807, 2.05) is 6.92 Å². The molecular formula is C9H15NO3S. The Morgan fingerprint density at radius 3 is 2.29 bits per heavy atom. The average molecular weight is 217 g/mol. The number of carbonyl (C=O) groups excluding carboxylic acids is 2. The van der Waals surface area contributed by atoms with E-state index in [1.54, 1.807) is 6.92 Å². The van der Waals surface area contributed by atoms with Gasteiger partial charge in [-0.25, -0.2) is 0 Å². The van der Waals surface area contributed by atoms with Crippen molar-refractivity contribution >= 4 is 23.6 Å². The van der Waals surface area contributed by atoms with E-state index in [0.29, 0.717) is 17.9 Å². The number of hydrogen-bond acceptors (Lipinski definition) is 4. The summed E-state index contributed by atoms with van der Waals surface area (Å²) in [5.74, 6) is 0.289. The molecule has 4 nitrogen and oxygen atoms in total. The number of hydrogen-bond donors (Lipinski definition) is 1. The van der Waals surface area contributed by atoms with Gasteiger partial charge in [0.2, 0.25) is 11.8 Å². The lowest BCUT2D eigenvalue weighted by atomic mass is 9.97. The average Bonchev–Trinajstić information content (AvgIpc) is 2.17. The van der Waals surface area contributed by atoms with E-state index >= 15 is 0 Å². The summed E-state index contributed by atoms with van der Waals surface area (Å²) >= 11 is 1.33. The van der Waals surface area contributed by atoms with Crippen LogP contribution in [0.25, 0.3) is 0 Å². The molecule has 0 spiro atoms. The molecule has 1 fully saturated rings. The minimum absolute atomic E-state index is 0.175. The van der Waals surface area contributed by atoms with Gasteiger partial charge in [0, 0.05) is 0 Å². The van der Waals surface area contributed by atoms with Crippen molar-refractivity contribution in [3.05, 3.63) is 0 Å². The number of aliphatic hydroxyl groups excluding tert-OH is 1. The Labute approximate surface area is 87.7 Å². The summed E-state index contributed by atoms with van der Waals surface area (Å²) in [4.78, 5) is 24.3. The predicted octanol–water partition coefficient (Wildman–Crippen LogP) is 0.249. The van der Waals surface area contributed by atoms with E-state index in [0.717, 1.165) is 0 Å². The van der Waals surface area contributed by atoms with Crippen LogP contribution in [-0.4, -0.2) is 45.5 Å². The molecule has 1 unspecified atom stereocenters. The van der Waals surface area contributed by atoms with Crippen LogP contribution in [0.4, 0.5) is 0 Å². The molecule has 80 valence electrons. The molecule has 0 aromatic carbocycles. The van der Waals surface area contributed by atoms with Crippen molar-refractivity contribution < 1.29 is 14.7 Å². The molecule has 0 aliphatic carbocycles. The van der Waals surface area contributed by atoms with Gasteiger partial charge in [0.1, 0.15) is 0 Å². The second-order valence-corrected chi connectivity index (χ2v) is 4.61. The van der Waals surface area contributed by atoms with Crippen molar-refractivity contribution in [1.29, 1.82) is 0 Å². The van der Waals surface area contributed by atoms with E-state index in [-0.39, 0.29) is 18.4 Å². The van der Waals surface area contributed by atoms with Gasteiger partial charge in [-0.05, 0) is 13.3 Å². The molecule has 0 aromatic heterocycles. The molecule has 2 amide bonds.